The topological polar surface area (TPSA) is 97.5 Å². The number of hydrogen-bond acceptors (Lipinski definition) is 4. The number of nitro benzene ring substituents is 1. The average Bonchev–Trinajstić information content (AvgIpc) is 2.06. The highest BCUT2D eigenvalue weighted by molar-refractivity contribution is 7.86. The first-order valence-corrected chi connectivity index (χ1v) is 5.54. The fourth-order valence-corrected chi connectivity index (χ4v) is 1.92. The van der Waals surface area contributed by atoms with Crippen LogP contribution in [0.2, 0.25) is 10.0 Å². The first-order chi connectivity index (χ1) is 6.73. The Bertz CT molecular complexity index is 527. The van der Waals surface area contributed by atoms with Crippen LogP contribution in [0.3, 0.4) is 0 Å². The molecule has 1 aromatic carbocycles. The monoisotopic (exact) mass is 271 g/mol. The van der Waals surface area contributed by atoms with Gasteiger partial charge in [-0.1, -0.05) is 23.2 Å². The van der Waals surface area contributed by atoms with Crippen molar-refractivity contribution in [2.24, 2.45) is 0 Å². The van der Waals surface area contributed by atoms with E-state index in [4.69, 9.17) is 27.8 Å². The zero-order valence-electron chi connectivity index (χ0n) is 6.85. The van der Waals surface area contributed by atoms with Crippen LogP contribution in [-0.2, 0) is 10.1 Å². The van der Waals surface area contributed by atoms with Crippen LogP contribution in [-0.4, -0.2) is 17.9 Å². The summed E-state index contributed by atoms with van der Waals surface area (Å²) >= 11 is 10.9. The molecule has 1 N–H and O–H groups in total. The van der Waals surface area contributed by atoms with E-state index in [1.807, 2.05) is 0 Å². The third kappa shape index (κ3) is 2.57. The summed E-state index contributed by atoms with van der Waals surface area (Å²) in [6.07, 6.45) is 0. The molecule has 0 spiro atoms. The molecule has 0 aliphatic heterocycles. The zero-order valence-corrected chi connectivity index (χ0v) is 9.17. The summed E-state index contributed by atoms with van der Waals surface area (Å²) in [5.41, 5.74) is -0.827. The molecule has 82 valence electrons. The van der Waals surface area contributed by atoms with E-state index in [1.165, 1.54) is 0 Å². The maximum Gasteiger partial charge on any atom is 0.301 e. The van der Waals surface area contributed by atoms with Gasteiger partial charge in [-0.05, 0) is 6.07 Å². The van der Waals surface area contributed by atoms with E-state index < -0.39 is 25.6 Å². The first-order valence-electron chi connectivity index (χ1n) is 3.34. The van der Waals surface area contributed by atoms with E-state index in [2.05, 4.69) is 0 Å². The van der Waals surface area contributed by atoms with Crippen molar-refractivity contribution < 1.29 is 17.9 Å². The second-order valence-corrected chi connectivity index (χ2v) is 4.67. The van der Waals surface area contributed by atoms with Gasteiger partial charge < -0.3 is 0 Å². The summed E-state index contributed by atoms with van der Waals surface area (Å²) in [5, 5.41) is 10.1. The maximum atomic E-state index is 10.8. The molecule has 0 bridgehead atoms. The highest BCUT2D eigenvalue weighted by Crippen LogP contribution is 2.32. The van der Waals surface area contributed by atoms with Gasteiger partial charge in [0.05, 0.1) is 15.0 Å². The lowest BCUT2D eigenvalue weighted by Crippen LogP contribution is -2.03. The molecule has 0 aliphatic rings. The molecule has 0 radical (unpaired) electrons. The number of benzene rings is 1. The number of rotatable bonds is 2. The van der Waals surface area contributed by atoms with E-state index in [9.17, 15) is 18.5 Å². The fourth-order valence-electron chi connectivity index (χ4n) is 0.867. The van der Waals surface area contributed by atoms with Crippen LogP contribution >= 0.6 is 23.2 Å². The van der Waals surface area contributed by atoms with Crippen LogP contribution in [0.5, 0.6) is 0 Å². The Labute approximate surface area is 94.3 Å². The number of nitrogens with zero attached hydrogens (tertiary/aromatic N) is 1. The summed E-state index contributed by atoms with van der Waals surface area (Å²) in [5.74, 6) is 0. The Morgan fingerprint density at radius 2 is 1.73 bits per heavy atom. The van der Waals surface area contributed by atoms with Gasteiger partial charge in [-0.15, -0.1) is 0 Å². The van der Waals surface area contributed by atoms with Crippen molar-refractivity contribution in [1.29, 1.82) is 0 Å². The SMILES string of the molecule is O=[N+]([O-])c1cc(Cl)c(Cl)cc1S(=O)(=O)O. The number of halogens is 2. The Morgan fingerprint density at radius 1 is 1.27 bits per heavy atom. The van der Waals surface area contributed by atoms with Crippen molar-refractivity contribution in [2.75, 3.05) is 0 Å². The van der Waals surface area contributed by atoms with Crippen LogP contribution in [0, 0.1) is 10.1 Å². The third-order valence-corrected chi connectivity index (χ3v) is 3.08. The van der Waals surface area contributed by atoms with E-state index in [0.29, 0.717) is 0 Å². The molecule has 6 nitrogen and oxygen atoms in total. The Kier molecular flexibility index (Phi) is 3.19. The molecule has 0 saturated carbocycles. The molecule has 0 unspecified atom stereocenters. The quantitative estimate of drug-likeness (QED) is 0.505. The van der Waals surface area contributed by atoms with Crippen LogP contribution < -0.4 is 0 Å². The molecule has 0 heterocycles. The Balaban J connectivity index is 3.64. The van der Waals surface area contributed by atoms with Gasteiger partial charge in [0.1, 0.15) is 0 Å². The fraction of sp³-hybridized carbons (Fsp3) is 0. The molecule has 0 amide bonds. The zero-order chi connectivity index (χ0) is 11.8. The number of nitro groups is 1. The lowest BCUT2D eigenvalue weighted by atomic mass is 10.3. The van der Waals surface area contributed by atoms with Gasteiger partial charge in [-0.2, -0.15) is 8.42 Å². The largest absolute Gasteiger partial charge is 0.301 e. The molecule has 1 rings (SSSR count). The highest BCUT2D eigenvalue weighted by Gasteiger charge is 2.25. The van der Waals surface area contributed by atoms with Gasteiger partial charge in [-0.25, -0.2) is 0 Å². The molecule has 0 saturated heterocycles. The smallest absolute Gasteiger partial charge is 0.282 e. The minimum absolute atomic E-state index is 0.171. The van der Waals surface area contributed by atoms with Crippen LogP contribution in [0.25, 0.3) is 0 Å². The molecular formula is C6H3Cl2NO5S. The molecular weight excluding hydrogens is 269 g/mol. The van der Waals surface area contributed by atoms with Crippen molar-refractivity contribution in [2.45, 2.75) is 4.90 Å². The predicted octanol–water partition coefficient (Wildman–Crippen LogP) is 2.15. The Hall–Kier alpha value is -0.890. The maximum absolute atomic E-state index is 10.8. The van der Waals surface area contributed by atoms with E-state index in [-0.39, 0.29) is 10.0 Å². The van der Waals surface area contributed by atoms with Gasteiger partial charge in [0, 0.05) is 6.07 Å². The third-order valence-electron chi connectivity index (χ3n) is 1.48. The summed E-state index contributed by atoms with van der Waals surface area (Å²) < 4.78 is 30.2. The second kappa shape index (κ2) is 3.93. The van der Waals surface area contributed by atoms with Crippen LogP contribution in [0.4, 0.5) is 5.69 Å². The van der Waals surface area contributed by atoms with Gasteiger partial charge in [-0.3, -0.25) is 14.7 Å². The molecule has 15 heavy (non-hydrogen) atoms. The van der Waals surface area contributed by atoms with Crippen molar-refractivity contribution >= 4 is 39.0 Å². The van der Waals surface area contributed by atoms with E-state index in [1.54, 1.807) is 0 Å². The van der Waals surface area contributed by atoms with E-state index >= 15 is 0 Å². The van der Waals surface area contributed by atoms with Crippen molar-refractivity contribution in [3.05, 3.63) is 32.3 Å². The summed E-state index contributed by atoms with van der Waals surface area (Å²) in [4.78, 5) is 8.59. The van der Waals surface area contributed by atoms with Crippen LogP contribution in [0.1, 0.15) is 0 Å². The molecule has 0 aromatic heterocycles. The molecule has 9 heteroatoms. The standard InChI is InChI=1S/C6H3Cl2NO5S/c7-3-1-5(9(10)11)6(2-4(3)8)15(12,13)14/h1-2H,(H,12,13,14). The number of hydrogen-bond donors (Lipinski definition) is 1. The van der Waals surface area contributed by atoms with Gasteiger partial charge in [0.15, 0.2) is 4.90 Å². The minimum atomic E-state index is -4.70. The average molecular weight is 272 g/mol. The predicted molar refractivity (Wildman–Crippen MR) is 52.9 cm³/mol. The van der Waals surface area contributed by atoms with Crippen molar-refractivity contribution in [1.82, 2.24) is 0 Å². The summed E-state index contributed by atoms with van der Waals surface area (Å²) in [7, 11) is -4.70. The lowest BCUT2D eigenvalue weighted by molar-refractivity contribution is -0.387. The summed E-state index contributed by atoms with van der Waals surface area (Å²) in [6, 6.07) is 1.48. The molecule has 0 aliphatic carbocycles. The first kappa shape index (κ1) is 12.2. The van der Waals surface area contributed by atoms with Gasteiger partial charge in [0.25, 0.3) is 5.69 Å². The van der Waals surface area contributed by atoms with Gasteiger partial charge >= 0.3 is 10.1 Å². The van der Waals surface area contributed by atoms with Crippen molar-refractivity contribution in [3.8, 4) is 0 Å². The second-order valence-electron chi connectivity index (χ2n) is 2.47. The molecule has 0 fully saturated rings. The highest BCUT2D eigenvalue weighted by atomic mass is 35.5. The van der Waals surface area contributed by atoms with Crippen LogP contribution in [0.15, 0.2) is 17.0 Å². The summed E-state index contributed by atoms with van der Waals surface area (Å²) in [6.45, 7) is 0. The normalized spacial score (nSPS) is 11.4. The molecule has 0 atom stereocenters. The van der Waals surface area contributed by atoms with E-state index in [0.717, 1.165) is 12.1 Å². The Morgan fingerprint density at radius 3 is 2.13 bits per heavy atom. The van der Waals surface area contributed by atoms with Gasteiger partial charge in [0.2, 0.25) is 0 Å². The van der Waals surface area contributed by atoms with Crippen molar-refractivity contribution in [3.63, 3.8) is 0 Å². The minimum Gasteiger partial charge on any atom is -0.282 e. The molecule has 1 aromatic rings. The lowest BCUT2D eigenvalue weighted by Gasteiger charge is -2.01.